The molecule has 0 spiro atoms. The minimum atomic E-state index is -0.529. The molecule has 23 heavy (non-hydrogen) atoms. The number of carbonyl (C=O) groups excluding carboxylic acids is 3. The van der Waals surface area contributed by atoms with E-state index in [0.29, 0.717) is 30.3 Å². The molecule has 7 heteroatoms. The average Bonchev–Trinajstić information content (AvgIpc) is 3.09. The van der Waals surface area contributed by atoms with Crippen LogP contribution in [0.3, 0.4) is 0 Å². The van der Waals surface area contributed by atoms with Crippen molar-refractivity contribution in [1.82, 2.24) is 14.7 Å². The van der Waals surface area contributed by atoms with Gasteiger partial charge in [0.05, 0.1) is 12.4 Å². The molecule has 0 aliphatic carbocycles. The van der Waals surface area contributed by atoms with Gasteiger partial charge >= 0.3 is 0 Å². The maximum absolute atomic E-state index is 12.7. The molecule has 0 N–H and O–H groups in total. The largest absolute Gasteiger partial charge is 0.334 e. The standard InChI is InChI=1S/C16H17N3O3S/c20-14(11-4-2-1-3-5-11)17-6-7-18-12(8-17)15(21)19-10-23-9-13(19)16(18)22/h1-5,12-13H,6-10H2/t12-,13+/m1/s1. The highest BCUT2D eigenvalue weighted by atomic mass is 32.2. The van der Waals surface area contributed by atoms with Crippen LogP contribution in [0.2, 0.25) is 0 Å². The summed E-state index contributed by atoms with van der Waals surface area (Å²) in [5.41, 5.74) is 0.616. The maximum atomic E-state index is 12.7. The minimum absolute atomic E-state index is 0.0230. The molecule has 3 amide bonds. The van der Waals surface area contributed by atoms with Crippen LogP contribution in [0.5, 0.6) is 0 Å². The van der Waals surface area contributed by atoms with Crippen LogP contribution in [0.4, 0.5) is 0 Å². The van der Waals surface area contributed by atoms with Gasteiger partial charge in [-0.25, -0.2) is 0 Å². The zero-order valence-electron chi connectivity index (χ0n) is 12.6. The first kappa shape index (κ1) is 14.6. The van der Waals surface area contributed by atoms with E-state index in [4.69, 9.17) is 0 Å². The molecule has 3 aliphatic rings. The molecule has 0 unspecified atom stereocenters. The summed E-state index contributed by atoms with van der Waals surface area (Å²) in [6, 6.07) is 8.23. The van der Waals surface area contributed by atoms with Crippen molar-refractivity contribution in [3.8, 4) is 0 Å². The molecular weight excluding hydrogens is 314 g/mol. The number of piperazine rings is 2. The highest BCUT2D eigenvalue weighted by Gasteiger charge is 2.50. The van der Waals surface area contributed by atoms with Crippen LogP contribution in [0.25, 0.3) is 0 Å². The van der Waals surface area contributed by atoms with Gasteiger partial charge in [0, 0.05) is 24.4 Å². The van der Waals surface area contributed by atoms with E-state index in [2.05, 4.69) is 0 Å². The third kappa shape index (κ3) is 2.30. The number of rotatable bonds is 1. The Morgan fingerprint density at radius 3 is 2.52 bits per heavy atom. The summed E-state index contributed by atoms with van der Waals surface area (Å²) in [6.45, 7) is 1.19. The zero-order chi connectivity index (χ0) is 16.0. The van der Waals surface area contributed by atoms with Crippen LogP contribution in [0.15, 0.2) is 30.3 Å². The van der Waals surface area contributed by atoms with Gasteiger partial charge in [-0.1, -0.05) is 18.2 Å². The highest BCUT2D eigenvalue weighted by Crippen LogP contribution is 2.30. The first-order chi connectivity index (χ1) is 11.2. The van der Waals surface area contributed by atoms with Crippen LogP contribution in [0, 0.1) is 0 Å². The van der Waals surface area contributed by atoms with Gasteiger partial charge in [0.1, 0.15) is 12.1 Å². The molecule has 0 saturated carbocycles. The molecule has 0 radical (unpaired) electrons. The third-order valence-corrected chi connectivity index (χ3v) is 5.72. The van der Waals surface area contributed by atoms with Crippen molar-refractivity contribution in [1.29, 1.82) is 0 Å². The molecule has 120 valence electrons. The lowest BCUT2D eigenvalue weighted by molar-refractivity contribution is -0.161. The van der Waals surface area contributed by atoms with E-state index in [9.17, 15) is 14.4 Å². The first-order valence-corrected chi connectivity index (χ1v) is 8.85. The summed E-state index contributed by atoms with van der Waals surface area (Å²) in [5.74, 6) is 1.19. The van der Waals surface area contributed by atoms with E-state index in [1.807, 2.05) is 18.2 Å². The normalized spacial score (nSPS) is 27.0. The van der Waals surface area contributed by atoms with Gasteiger partial charge < -0.3 is 14.7 Å². The molecule has 0 bridgehead atoms. The van der Waals surface area contributed by atoms with Gasteiger partial charge in [-0.3, -0.25) is 14.4 Å². The van der Waals surface area contributed by atoms with Crippen molar-refractivity contribution in [3.05, 3.63) is 35.9 Å². The fourth-order valence-electron chi connectivity index (χ4n) is 3.45. The van der Waals surface area contributed by atoms with E-state index in [-0.39, 0.29) is 30.3 Å². The van der Waals surface area contributed by atoms with Crippen molar-refractivity contribution in [2.75, 3.05) is 31.3 Å². The second-order valence-corrected chi connectivity index (χ2v) is 6.99. The fourth-order valence-corrected chi connectivity index (χ4v) is 4.61. The molecule has 2 atom stereocenters. The summed E-state index contributed by atoms with van der Waals surface area (Å²) < 4.78 is 0. The summed E-state index contributed by atoms with van der Waals surface area (Å²) in [7, 11) is 0. The lowest BCUT2D eigenvalue weighted by Gasteiger charge is -2.47. The Balaban J connectivity index is 1.55. The SMILES string of the molecule is O=C(c1ccccc1)N1CCN2C(=O)[C@@H]3CSCN3C(=O)[C@H]2C1. The van der Waals surface area contributed by atoms with Crippen molar-refractivity contribution in [3.63, 3.8) is 0 Å². The van der Waals surface area contributed by atoms with Gasteiger partial charge in [-0.2, -0.15) is 0 Å². The number of hydrogen-bond donors (Lipinski definition) is 0. The monoisotopic (exact) mass is 331 g/mol. The molecule has 3 fully saturated rings. The summed E-state index contributed by atoms with van der Waals surface area (Å²) in [4.78, 5) is 42.8. The van der Waals surface area contributed by atoms with Crippen LogP contribution in [0.1, 0.15) is 10.4 Å². The number of thioether (sulfide) groups is 1. The number of hydrogen-bond acceptors (Lipinski definition) is 4. The Morgan fingerprint density at radius 2 is 1.74 bits per heavy atom. The van der Waals surface area contributed by atoms with E-state index < -0.39 is 6.04 Å². The first-order valence-electron chi connectivity index (χ1n) is 7.70. The van der Waals surface area contributed by atoms with Crippen LogP contribution in [-0.2, 0) is 9.59 Å². The number of fused-ring (bicyclic) bond motifs is 2. The molecule has 6 nitrogen and oxygen atoms in total. The van der Waals surface area contributed by atoms with Crippen molar-refractivity contribution < 1.29 is 14.4 Å². The molecule has 3 saturated heterocycles. The number of amides is 3. The molecule has 4 rings (SSSR count). The zero-order valence-corrected chi connectivity index (χ0v) is 13.4. The predicted octanol–water partition coefficient (Wildman–Crippen LogP) is 0.255. The summed E-state index contributed by atoms with van der Waals surface area (Å²) in [6.07, 6.45) is 0. The Morgan fingerprint density at radius 1 is 1.00 bits per heavy atom. The van der Waals surface area contributed by atoms with E-state index in [1.165, 1.54) is 0 Å². The molecule has 1 aromatic carbocycles. The van der Waals surface area contributed by atoms with Gasteiger partial charge in [0.15, 0.2) is 0 Å². The summed E-state index contributed by atoms with van der Waals surface area (Å²) in [5, 5.41) is 0. The van der Waals surface area contributed by atoms with Crippen LogP contribution < -0.4 is 0 Å². The maximum Gasteiger partial charge on any atom is 0.253 e. The minimum Gasteiger partial charge on any atom is -0.334 e. The molecule has 3 aliphatic heterocycles. The second-order valence-electron chi connectivity index (χ2n) is 5.99. The smallest absolute Gasteiger partial charge is 0.253 e. The highest BCUT2D eigenvalue weighted by molar-refractivity contribution is 7.99. The number of nitrogens with zero attached hydrogens (tertiary/aromatic N) is 3. The predicted molar refractivity (Wildman–Crippen MR) is 85.8 cm³/mol. The van der Waals surface area contributed by atoms with Crippen LogP contribution >= 0.6 is 11.8 Å². The van der Waals surface area contributed by atoms with Gasteiger partial charge in [-0.05, 0) is 12.1 Å². The number of carbonyl (C=O) groups is 3. The van der Waals surface area contributed by atoms with E-state index in [1.54, 1.807) is 38.6 Å². The van der Waals surface area contributed by atoms with E-state index >= 15 is 0 Å². The molecule has 0 aromatic heterocycles. The lowest BCUT2D eigenvalue weighted by Crippen LogP contribution is -2.69. The van der Waals surface area contributed by atoms with Gasteiger partial charge in [-0.15, -0.1) is 11.8 Å². The van der Waals surface area contributed by atoms with Crippen LogP contribution in [-0.4, -0.2) is 75.8 Å². The Labute approximate surface area is 138 Å². The second kappa shape index (κ2) is 5.56. The van der Waals surface area contributed by atoms with Crippen molar-refractivity contribution >= 4 is 29.5 Å². The third-order valence-electron chi connectivity index (χ3n) is 4.71. The van der Waals surface area contributed by atoms with E-state index in [0.717, 1.165) is 0 Å². The van der Waals surface area contributed by atoms with Crippen molar-refractivity contribution in [2.45, 2.75) is 12.1 Å². The average molecular weight is 331 g/mol. The Kier molecular flexibility index (Phi) is 3.52. The Hall–Kier alpha value is -2.02. The summed E-state index contributed by atoms with van der Waals surface area (Å²) >= 11 is 1.61. The molecule has 3 heterocycles. The lowest BCUT2D eigenvalue weighted by atomic mass is 10.0. The van der Waals surface area contributed by atoms with Gasteiger partial charge in [0.25, 0.3) is 5.91 Å². The fraction of sp³-hybridized carbons (Fsp3) is 0.438. The quantitative estimate of drug-likeness (QED) is 0.740. The molecule has 1 aromatic rings. The molecular formula is C16H17N3O3S. The topological polar surface area (TPSA) is 60.9 Å². The Bertz CT molecular complexity index is 666. The van der Waals surface area contributed by atoms with Gasteiger partial charge in [0.2, 0.25) is 11.8 Å². The van der Waals surface area contributed by atoms with Crippen molar-refractivity contribution in [2.24, 2.45) is 0 Å². The number of benzene rings is 1.